The van der Waals surface area contributed by atoms with E-state index in [4.69, 9.17) is 23.2 Å². The van der Waals surface area contributed by atoms with Crippen LogP contribution in [-0.4, -0.2) is 24.0 Å². The van der Waals surface area contributed by atoms with Gasteiger partial charge in [-0.15, -0.1) is 10.2 Å². The monoisotopic (exact) mass is 363 g/mol. The molecule has 0 amide bonds. The number of pyridine rings is 2. The molecule has 0 aromatic carbocycles. The zero-order chi connectivity index (χ0) is 16.0. The van der Waals surface area contributed by atoms with Crippen LogP contribution in [0, 0.1) is 6.92 Å². The van der Waals surface area contributed by atoms with Crippen LogP contribution in [0.15, 0.2) is 41.9 Å². The van der Waals surface area contributed by atoms with E-state index in [1.54, 1.807) is 28.4 Å². The molecule has 0 unspecified atom stereocenters. The van der Waals surface area contributed by atoms with E-state index >= 15 is 0 Å². The smallest absolute Gasteiger partial charge is 0.196 e. The molecule has 4 aromatic heterocycles. The van der Waals surface area contributed by atoms with Crippen LogP contribution in [0.3, 0.4) is 0 Å². The summed E-state index contributed by atoms with van der Waals surface area (Å²) >= 11 is 13.7. The third kappa shape index (κ3) is 2.78. The Balaban J connectivity index is 1.63. The Morgan fingerprint density at radius 1 is 1.13 bits per heavy atom. The Labute approximate surface area is 146 Å². The summed E-state index contributed by atoms with van der Waals surface area (Å²) < 4.78 is 3.83. The minimum absolute atomic E-state index is 0.486. The number of rotatable bonds is 3. The Morgan fingerprint density at radius 2 is 2.00 bits per heavy atom. The number of nitrogens with zero attached hydrogens (tertiary/aromatic N) is 5. The van der Waals surface area contributed by atoms with Gasteiger partial charge in [0.2, 0.25) is 0 Å². The summed E-state index contributed by atoms with van der Waals surface area (Å²) in [5.41, 5.74) is 3.71. The molecular formula is C15H11Cl2N5S. The lowest BCUT2D eigenvalue weighted by atomic mass is 10.3. The van der Waals surface area contributed by atoms with E-state index in [1.165, 1.54) is 5.56 Å². The van der Waals surface area contributed by atoms with Gasteiger partial charge in [0.05, 0.1) is 15.7 Å². The molecule has 0 aliphatic carbocycles. The van der Waals surface area contributed by atoms with Crippen LogP contribution in [-0.2, 0) is 5.75 Å². The molecule has 4 aromatic rings. The highest BCUT2D eigenvalue weighted by atomic mass is 35.5. The number of thioether (sulfide) groups is 1. The van der Waals surface area contributed by atoms with Crippen molar-refractivity contribution in [3.8, 4) is 0 Å². The zero-order valence-electron chi connectivity index (χ0n) is 12.1. The maximum absolute atomic E-state index is 6.13. The topological polar surface area (TPSA) is 47.5 Å². The summed E-state index contributed by atoms with van der Waals surface area (Å²) in [6.45, 7) is 2.06. The number of hydrogen-bond acceptors (Lipinski definition) is 4. The SMILES string of the molecule is Cc1ccc2nc(CSc3nnc4c(Cl)cc(Cl)cn34)cn2c1. The summed E-state index contributed by atoms with van der Waals surface area (Å²) in [5.74, 6) is 0.686. The van der Waals surface area contributed by atoms with Gasteiger partial charge in [-0.1, -0.05) is 41.0 Å². The van der Waals surface area contributed by atoms with Crippen molar-refractivity contribution in [1.82, 2.24) is 24.0 Å². The molecule has 0 atom stereocenters. The number of halogens is 2. The van der Waals surface area contributed by atoms with E-state index in [2.05, 4.69) is 34.4 Å². The van der Waals surface area contributed by atoms with Crippen molar-refractivity contribution in [2.45, 2.75) is 17.8 Å². The molecule has 5 nitrogen and oxygen atoms in total. The molecule has 0 aliphatic rings. The minimum atomic E-state index is 0.486. The first-order valence-electron chi connectivity index (χ1n) is 6.87. The van der Waals surface area contributed by atoms with Gasteiger partial charge in [-0.25, -0.2) is 4.98 Å². The van der Waals surface area contributed by atoms with E-state index in [9.17, 15) is 0 Å². The minimum Gasteiger partial charge on any atom is -0.307 e. The lowest BCUT2D eigenvalue weighted by Crippen LogP contribution is -1.89. The summed E-state index contributed by atoms with van der Waals surface area (Å²) in [7, 11) is 0. The van der Waals surface area contributed by atoms with Crippen LogP contribution in [0.4, 0.5) is 0 Å². The predicted molar refractivity (Wildman–Crippen MR) is 92.5 cm³/mol. The van der Waals surface area contributed by atoms with Crippen LogP contribution in [0.1, 0.15) is 11.3 Å². The number of hydrogen-bond donors (Lipinski definition) is 0. The first-order chi connectivity index (χ1) is 11.1. The highest BCUT2D eigenvalue weighted by Gasteiger charge is 2.11. The number of aryl methyl sites for hydroxylation is 1. The average Bonchev–Trinajstić information content (AvgIpc) is 3.08. The molecule has 0 radical (unpaired) electrons. The Hall–Kier alpha value is -1.76. The lowest BCUT2D eigenvalue weighted by Gasteiger charge is -2.00. The Kier molecular flexibility index (Phi) is 3.67. The van der Waals surface area contributed by atoms with Crippen LogP contribution in [0.5, 0.6) is 0 Å². The standard InChI is InChI=1S/C15H11Cl2N5S/c1-9-2-3-13-18-11(7-21(13)5-9)8-23-15-20-19-14-12(17)4-10(16)6-22(14)15/h2-7H,8H2,1H3. The van der Waals surface area contributed by atoms with E-state index in [0.717, 1.165) is 16.5 Å². The van der Waals surface area contributed by atoms with Crippen molar-refractivity contribution in [3.05, 3.63) is 58.1 Å². The molecule has 0 spiro atoms. The maximum atomic E-state index is 6.13. The van der Waals surface area contributed by atoms with Gasteiger partial charge in [0.1, 0.15) is 5.65 Å². The molecule has 116 valence electrons. The van der Waals surface area contributed by atoms with Gasteiger partial charge in [0.25, 0.3) is 0 Å². The fraction of sp³-hybridized carbons (Fsp3) is 0.133. The third-order valence-electron chi connectivity index (χ3n) is 3.39. The average molecular weight is 364 g/mol. The van der Waals surface area contributed by atoms with Crippen molar-refractivity contribution in [1.29, 1.82) is 0 Å². The van der Waals surface area contributed by atoms with Crippen molar-refractivity contribution in [2.24, 2.45) is 0 Å². The summed E-state index contributed by atoms with van der Waals surface area (Å²) in [6.07, 6.45) is 5.85. The molecule has 23 heavy (non-hydrogen) atoms. The van der Waals surface area contributed by atoms with Crippen molar-refractivity contribution < 1.29 is 0 Å². The molecule has 0 fully saturated rings. The van der Waals surface area contributed by atoms with Crippen LogP contribution < -0.4 is 0 Å². The molecule has 0 saturated heterocycles. The molecule has 0 bridgehead atoms. The lowest BCUT2D eigenvalue weighted by molar-refractivity contribution is 0.920. The highest BCUT2D eigenvalue weighted by molar-refractivity contribution is 7.98. The third-order valence-corrected chi connectivity index (χ3v) is 4.85. The Morgan fingerprint density at radius 3 is 2.87 bits per heavy atom. The largest absolute Gasteiger partial charge is 0.307 e. The number of imidazole rings is 1. The first kappa shape index (κ1) is 14.8. The van der Waals surface area contributed by atoms with E-state index in [-0.39, 0.29) is 0 Å². The first-order valence-corrected chi connectivity index (χ1v) is 8.61. The molecule has 4 heterocycles. The summed E-state index contributed by atoms with van der Waals surface area (Å²) in [5, 5.41) is 10.0. The van der Waals surface area contributed by atoms with Gasteiger partial charge in [0.15, 0.2) is 10.8 Å². The number of fused-ring (bicyclic) bond motifs is 2. The predicted octanol–water partition coefficient (Wildman–Crippen LogP) is 4.28. The van der Waals surface area contributed by atoms with Gasteiger partial charge in [0, 0.05) is 24.3 Å². The molecular weight excluding hydrogens is 353 g/mol. The second-order valence-corrected chi connectivity index (χ2v) is 6.96. The quantitative estimate of drug-likeness (QED) is 0.509. The van der Waals surface area contributed by atoms with Gasteiger partial charge >= 0.3 is 0 Å². The molecule has 0 saturated carbocycles. The maximum Gasteiger partial charge on any atom is 0.196 e. The second kappa shape index (κ2) is 5.70. The van der Waals surface area contributed by atoms with Crippen molar-refractivity contribution in [3.63, 3.8) is 0 Å². The van der Waals surface area contributed by atoms with Gasteiger partial charge in [-0.05, 0) is 24.6 Å². The van der Waals surface area contributed by atoms with Crippen LogP contribution >= 0.6 is 35.0 Å². The molecule has 0 N–H and O–H groups in total. The van der Waals surface area contributed by atoms with E-state index < -0.39 is 0 Å². The highest BCUT2D eigenvalue weighted by Crippen LogP contribution is 2.27. The summed E-state index contributed by atoms with van der Waals surface area (Å²) in [4.78, 5) is 4.60. The number of aromatic nitrogens is 5. The molecule has 8 heteroatoms. The van der Waals surface area contributed by atoms with Crippen molar-refractivity contribution in [2.75, 3.05) is 0 Å². The Bertz CT molecular complexity index is 1020. The fourth-order valence-electron chi connectivity index (χ4n) is 2.36. The van der Waals surface area contributed by atoms with Gasteiger partial charge in [-0.2, -0.15) is 0 Å². The molecule has 4 rings (SSSR count). The van der Waals surface area contributed by atoms with E-state index in [1.807, 2.05) is 16.7 Å². The van der Waals surface area contributed by atoms with E-state index in [0.29, 0.717) is 21.4 Å². The normalized spacial score (nSPS) is 11.6. The van der Waals surface area contributed by atoms with Crippen molar-refractivity contribution >= 4 is 46.3 Å². The van der Waals surface area contributed by atoms with Crippen LogP contribution in [0.25, 0.3) is 11.3 Å². The zero-order valence-corrected chi connectivity index (χ0v) is 14.4. The molecule has 0 aliphatic heterocycles. The van der Waals surface area contributed by atoms with Crippen LogP contribution in [0.2, 0.25) is 10.0 Å². The fourth-order valence-corrected chi connectivity index (χ4v) is 3.67. The van der Waals surface area contributed by atoms with Gasteiger partial charge in [-0.3, -0.25) is 4.40 Å². The summed E-state index contributed by atoms with van der Waals surface area (Å²) in [6, 6.07) is 5.72. The van der Waals surface area contributed by atoms with Gasteiger partial charge < -0.3 is 4.40 Å². The second-order valence-electron chi connectivity index (χ2n) is 5.18.